The number of rotatable bonds is 40. The number of carbonyl (C=O) groups excluding carboxylic acids is 2. The molecule has 0 saturated carbocycles. The number of allylic oxidation sites excluding steroid dienone is 8. The molecule has 0 radical (unpaired) electrons. The smallest absolute Gasteiger partial charge is 0.306 e. The SMILES string of the molecule is CCCCC/C=C/C/C=C/CCCCCCCCCC(=O)OC[C@@H](CO[C@@H]1O[C@H](CO[C@@H]2O[C@H](CO)[C@H](O)C(O)C2O)[C@H](O)C(O)C1O)OC(=O)CCCCCCC/C=C/C/C=C/CCCCC. The molecule has 0 bridgehead atoms. The minimum Gasteiger partial charge on any atom is -0.462 e. The molecule has 7 N–H and O–H groups in total. The molecular weight excluding hydrogens is 877 g/mol. The molecule has 15 heteroatoms. The molecule has 0 aromatic rings. The van der Waals surface area contributed by atoms with Crippen LogP contribution in [-0.2, 0) is 38.0 Å². The van der Waals surface area contributed by atoms with Crippen molar-refractivity contribution in [2.24, 2.45) is 0 Å². The van der Waals surface area contributed by atoms with Crippen LogP contribution < -0.4 is 0 Å². The second kappa shape index (κ2) is 40.1. The van der Waals surface area contributed by atoms with Gasteiger partial charge in [-0.2, -0.15) is 0 Å². The van der Waals surface area contributed by atoms with Gasteiger partial charge in [-0.05, 0) is 77.0 Å². The van der Waals surface area contributed by atoms with Gasteiger partial charge in [0.1, 0.15) is 55.4 Å². The highest BCUT2D eigenvalue weighted by atomic mass is 16.7. The van der Waals surface area contributed by atoms with E-state index in [1.165, 1.54) is 57.8 Å². The minimum absolute atomic E-state index is 0.146. The Kier molecular flexibility index (Phi) is 36.3. The maximum Gasteiger partial charge on any atom is 0.306 e. The minimum atomic E-state index is -1.77. The first-order chi connectivity index (χ1) is 33.0. The maximum absolute atomic E-state index is 13.0. The van der Waals surface area contributed by atoms with Crippen molar-refractivity contribution in [1.82, 2.24) is 0 Å². The molecule has 11 atom stereocenters. The van der Waals surface area contributed by atoms with Gasteiger partial charge >= 0.3 is 11.9 Å². The van der Waals surface area contributed by atoms with E-state index < -0.39 is 99.3 Å². The number of carbonyl (C=O) groups is 2. The number of unbranched alkanes of at least 4 members (excludes halogenated alkanes) is 18. The largest absolute Gasteiger partial charge is 0.462 e. The van der Waals surface area contributed by atoms with E-state index >= 15 is 0 Å². The Hall–Kier alpha value is -2.54. The fourth-order valence-corrected chi connectivity index (χ4v) is 7.92. The molecule has 2 saturated heterocycles. The lowest BCUT2D eigenvalue weighted by Gasteiger charge is -2.42. The van der Waals surface area contributed by atoms with Gasteiger partial charge in [0.2, 0.25) is 0 Å². The predicted molar refractivity (Wildman–Crippen MR) is 261 cm³/mol. The second-order valence-electron chi connectivity index (χ2n) is 18.3. The molecule has 15 nitrogen and oxygen atoms in total. The van der Waals surface area contributed by atoms with Gasteiger partial charge in [0.15, 0.2) is 18.7 Å². The van der Waals surface area contributed by atoms with Crippen LogP contribution in [0.1, 0.15) is 181 Å². The number of aliphatic hydroxyl groups excluding tert-OH is 7. The van der Waals surface area contributed by atoms with E-state index in [2.05, 4.69) is 62.5 Å². The van der Waals surface area contributed by atoms with Gasteiger partial charge in [0.05, 0.1) is 19.8 Å². The molecule has 394 valence electrons. The van der Waals surface area contributed by atoms with Crippen LogP contribution in [0.2, 0.25) is 0 Å². The standard InChI is InChI=1S/C53H92O15/c1-3-5-7-9-11-13-15-17-19-20-22-23-25-27-29-31-33-35-44(55)63-38-41(66-45(56)36-34-32-30-28-26-24-21-18-16-14-12-10-8-6-4-2)39-64-52-51(62)49(60)47(58)43(68-52)40-65-53-50(61)48(59)46(57)42(37-54)67-53/h11-14,17-19,21,41-43,46-54,57-62H,3-10,15-16,20,22-40H2,1-2H3/b13-11+,14-12+,19-17+,21-18+/t41-,42+,43+,46-,47-,48?,49?,50?,51?,52+,53+/m0/s1. The normalized spacial score (nSPS) is 26.1. The Labute approximate surface area is 408 Å². The third-order valence-corrected chi connectivity index (χ3v) is 12.3. The van der Waals surface area contributed by atoms with Crippen molar-refractivity contribution in [3.63, 3.8) is 0 Å². The molecule has 0 amide bonds. The molecule has 2 aliphatic heterocycles. The van der Waals surface area contributed by atoms with Crippen molar-refractivity contribution in [3.8, 4) is 0 Å². The highest BCUT2D eigenvalue weighted by Gasteiger charge is 2.47. The third-order valence-electron chi connectivity index (χ3n) is 12.3. The van der Waals surface area contributed by atoms with Gasteiger partial charge in [-0.25, -0.2) is 0 Å². The van der Waals surface area contributed by atoms with Crippen LogP contribution in [0, 0.1) is 0 Å². The van der Waals surface area contributed by atoms with Crippen LogP contribution in [0.15, 0.2) is 48.6 Å². The van der Waals surface area contributed by atoms with Gasteiger partial charge < -0.3 is 64.2 Å². The Morgan fingerprint density at radius 3 is 1.37 bits per heavy atom. The summed E-state index contributed by atoms with van der Waals surface area (Å²) < 4.78 is 33.6. The van der Waals surface area contributed by atoms with Gasteiger partial charge in [0, 0.05) is 12.8 Å². The lowest BCUT2D eigenvalue weighted by Crippen LogP contribution is -2.61. The quantitative estimate of drug-likeness (QED) is 0.0179. The van der Waals surface area contributed by atoms with E-state index in [0.717, 1.165) is 83.5 Å². The number of esters is 2. The van der Waals surface area contributed by atoms with E-state index in [-0.39, 0.29) is 19.4 Å². The van der Waals surface area contributed by atoms with Crippen LogP contribution in [0.5, 0.6) is 0 Å². The van der Waals surface area contributed by atoms with Crippen molar-refractivity contribution in [2.75, 3.05) is 26.4 Å². The summed E-state index contributed by atoms with van der Waals surface area (Å²) >= 11 is 0. The molecule has 2 heterocycles. The van der Waals surface area contributed by atoms with Crippen molar-refractivity contribution < 1.29 is 73.8 Å². The number of aliphatic hydroxyl groups is 7. The Morgan fingerprint density at radius 1 is 0.471 bits per heavy atom. The summed E-state index contributed by atoms with van der Waals surface area (Å²) in [6.45, 7) is 2.51. The zero-order valence-electron chi connectivity index (χ0n) is 41.6. The monoisotopic (exact) mass is 969 g/mol. The molecule has 2 fully saturated rings. The molecule has 4 unspecified atom stereocenters. The highest BCUT2D eigenvalue weighted by Crippen LogP contribution is 2.26. The average Bonchev–Trinajstić information content (AvgIpc) is 3.33. The molecular formula is C53H92O15. The molecule has 0 aromatic carbocycles. The Morgan fingerprint density at radius 2 is 0.882 bits per heavy atom. The summed E-state index contributed by atoms with van der Waals surface area (Å²) in [5.74, 6) is -0.951. The van der Waals surface area contributed by atoms with Gasteiger partial charge in [0.25, 0.3) is 0 Å². The molecule has 2 aliphatic rings. The van der Waals surface area contributed by atoms with Crippen LogP contribution in [-0.4, -0.2) is 142 Å². The van der Waals surface area contributed by atoms with E-state index in [1.54, 1.807) is 0 Å². The summed E-state index contributed by atoms with van der Waals surface area (Å²) in [7, 11) is 0. The molecule has 0 aliphatic carbocycles. The summed E-state index contributed by atoms with van der Waals surface area (Å²) in [4.78, 5) is 25.8. The lowest BCUT2D eigenvalue weighted by atomic mass is 9.98. The number of hydrogen-bond acceptors (Lipinski definition) is 15. The molecule has 0 aromatic heterocycles. The average molecular weight is 969 g/mol. The predicted octanol–water partition coefficient (Wildman–Crippen LogP) is 7.49. The van der Waals surface area contributed by atoms with Gasteiger partial charge in [-0.3, -0.25) is 9.59 Å². The topological polar surface area (TPSA) is 231 Å². The first-order valence-corrected chi connectivity index (χ1v) is 26.2. The first kappa shape index (κ1) is 61.6. The Balaban J connectivity index is 1.81. The summed E-state index contributed by atoms with van der Waals surface area (Å²) in [6, 6.07) is 0. The first-order valence-electron chi connectivity index (χ1n) is 26.2. The molecule has 0 spiro atoms. The highest BCUT2D eigenvalue weighted by molar-refractivity contribution is 5.70. The van der Waals surface area contributed by atoms with Crippen LogP contribution in [0.3, 0.4) is 0 Å². The lowest BCUT2D eigenvalue weighted by molar-refractivity contribution is -0.332. The van der Waals surface area contributed by atoms with Crippen LogP contribution in [0.4, 0.5) is 0 Å². The summed E-state index contributed by atoms with van der Waals surface area (Å²) in [6.07, 6.45) is 27.0. The van der Waals surface area contributed by atoms with Gasteiger partial charge in [-0.1, -0.05) is 140 Å². The number of ether oxygens (including phenoxy) is 6. The van der Waals surface area contributed by atoms with E-state index in [4.69, 9.17) is 28.4 Å². The van der Waals surface area contributed by atoms with E-state index in [1.807, 2.05) is 0 Å². The fraction of sp³-hybridized carbons (Fsp3) is 0.811. The van der Waals surface area contributed by atoms with Crippen LogP contribution in [0.25, 0.3) is 0 Å². The van der Waals surface area contributed by atoms with E-state index in [9.17, 15) is 45.3 Å². The zero-order valence-corrected chi connectivity index (χ0v) is 41.6. The van der Waals surface area contributed by atoms with Crippen molar-refractivity contribution in [1.29, 1.82) is 0 Å². The van der Waals surface area contributed by atoms with Crippen molar-refractivity contribution in [2.45, 2.75) is 248 Å². The summed E-state index contributed by atoms with van der Waals surface area (Å²) in [5, 5.41) is 72.1. The molecule has 68 heavy (non-hydrogen) atoms. The molecule has 2 rings (SSSR count). The van der Waals surface area contributed by atoms with E-state index in [0.29, 0.717) is 12.8 Å². The zero-order chi connectivity index (χ0) is 49.6. The van der Waals surface area contributed by atoms with Crippen molar-refractivity contribution >= 4 is 11.9 Å². The fourth-order valence-electron chi connectivity index (χ4n) is 7.92. The Bertz CT molecular complexity index is 1370. The van der Waals surface area contributed by atoms with Crippen LogP contribution >= 0.6 is 0 Å². The second-order valence-corrected chi connectivity index (χ2v) is 18.3. The maximum atomic E-state index is 13.0. The van der Waals surface area contributed by atoms with Crippen molar-refractivity contribution in [3.05, 3.63) is 48.6 Å². The third kappa shape index (κ3) is 27.7. The number of hydrogen-bond donors (Lipinski definition) is 7. The summed E-state index contributed by atoms with van der Waals surface area (Å²) in [5.41, 5.74) is 0. The van der Waals surface area contributed by atoms with Gasteiger partial charge in [-0.15, -0.1) is 0 Å².